The number of hydrogen-bond donors (Lipinski definition) is 1. The molecule has 0 atom stereocenters. The number of nitrogens with two attached hydrogens (primary N) is 1. The average molecular weight is 250 g/mol. The smallest absolute Gasteiger partial charge is 0.0244 e. The quantitative estimate of drug-likeness (QED) is 0.890. The fourth-order valence-electron chi connectivity index (χ4n) is 3.13. The summed E-state index contributed by atoms with van der Waals surface area (Å²) in [6.07, 6.45) is 6.68. The lowest BCUT2D eigenvalue weighted by molar-refractivity contribution is 0.102. The maximum absolute atomic E-state index is 5.93. The van der Waals surface area contributed by atoms with Crippen LogP contribution in [-0.4, -0.2) is 24.5 Å². The molecule has 1 aliphatic heterocycles. The van der Waals surface area contributed by atoms with Crippen molar-refractivity contribution in [3.8, 4) is 0 Å². The maximum Gasteiger partial charge on any atom is 0.0244 e. The fraction of sp³-hybridized carbons (Fsp3) is 0.714. The van der Waals surface area contributed by atoms with Crippen LogP contribution in [0.1, 0.15) is 36.1 Å². The molecule has 3 heteroatoms. The summed E-state index contributed by atoms with van der Waals surface area (Å²) >= 11 is 1.92. The first-order valence-electron chi connectivity index (χ1n) is 6.79. The van der Waals surface area contributed by atoms with Gasteiger partial charge in [-0.1, -0.05) is 6.42 Å². The topological polar surface area (TPSA) is 29.3 Å². The highest BCUT2D eigenvalue weighted by Gasteiger charge is 2.35. The van der Waals surface area contributed by atoms with E-state index in [0.717, 1.165) is 6.54 Å². The molecular weight excluding hydrogens is 228 g/mol. The van der Waals surface area contributed by atoms with Crippen molar-refractivity contribution in [2.45, 2.75) is 38.6 Å². The first-order chi connectivity index (χ1) is 8.31. The molecule has 1 aliphatic carbocycles. The predicted octanol–water partition coefficient (Wildman–Crippen LogP) is 2.63. The van der Waals surface area contributed by atoms with Crippen molar-refractivity contribution in [3.05, 3.63) is 21.9 Å². The summed E-state index contributed by atoms with van der Waals surface area (Å²) < 4.78 is 0. The lowest BCUT2D eigenvalue weighted by Gasteiger charge is -2.42. The van der Waals surface area contributed by atoms with Crippen LogP contribution in [0.15, 0.2) is 11.4 Å². The van der Waals surface area contributed by atoms with E-state index < -0.39 is 0 Å². The third kappa shape index (κ3) is 2.28. The van der Waals surface area contributed by atoms with Crippen LogP contribution in [0.3, 0.4) is 0 Å². The number of thiophene rings is 1. The van der Waals surface area contributed by atoms with Gasteiger partial charge in [0.05, 0.1) is 0 Å². The Balaban J connectivity index is 1.54. The van der Waals surface area contributed by atoms with E-state index in [2.05, 4.69) is 16.3 Å². The Labute approximate surface area is 108 Å². The third-order valence-corrected chi connectivity index (χ3v) is 5.72. The van der Waals surface area contributed by atoms with Crippen LogP contribution >= 0.6 is 11.3 Å². The van der Waals surface area contributed by atoms with E-state index in [4.69, 9.17) is 5.73 Å². The predicted molar refractivity (Wildman–Crippen MR) is 73.3 cm³/mol. The van der Waals surface area contributed by atoms with Crippen LogP contribution in [0.2, 0.25) is 0 Å². The lowest BCUT2D eigenvalue weighted by atomic mass is 9.66. The highest BCUT2D eigenvalue weighted by Crippen LogP contribution is 2.43. The zero-order valence-electron chi connectivity index (χ0n) is 10.5. The Morgan fingerprint density at radius 3 is 3.00 bits per heavy atom. The van der Waals surface area contributed by atoms with E-state index in [1.54, 1.807) is 10.4 Å². The van der Waals surface area contributed by atoms with Gasteiger partial charge in [-0.05, 0) is 61.2 Å². The minimum Gasteiger partial charge on any atom is -0.330 e. The van der Waals surface area contributed by atoms with Crippen LogP contribution in [0.25, 0.3) is 0 Å². The van der Waals surface area contributed by atoms with Crippen LogP contribution < -0.4 is 5.73 Å². The monoisotopic (exact) mass is 250 g/mol. The molecule has 0 spiro atoms. The molecule has 94 valence electrons. The molecule has 0 bridgehead atoms. The molecule has 17 heavy (non-hydrogen) atoms. The van der Waals surface area contributed by atoms with Crippen molar-refractivity contribution in [2.24, 2.45) is 11.1 Å². The molecule has 3 rings (SSSR count). The normalized spacial score (nSPS) is 23.1. The largest absolute Gasteiger partial charge is 0.330 e. The van der Waals surface area contributed by atoms with Gasteiger partial charge >= 0.3 is 0 Å². The van der Waals surface area contributed by atoms with E-state index in [9.17, 15) is 0 Å². The van der Waals surface area contributed by atoms with Crippen LogP contribution in [0.5, 0.6) is 0 Å². The Kier molecular flexibility index (Phi) is 3.24. The molecule has 0 amide bonds. The van der Waals surface area contributed by atoms with Crippen molar-refractivity contribution >= 4 is 11.3 Å². The van der Waals surface area contributed by atoms with Crippen molar-refractivity contribution in [1.29, 1.82) is 0 Å². The molecule has 2 heterocycles. The van der Waals surface area contributed by atoms with E-state index in [1.807, 2.05) is 11.3 Å². The zero-order valence-corrected chi connectivity index (χ0v) is 11.3. The first kappa shape index (κ1) is 11.7. The second-order valence-corrected chi connectivity index (χ2v) is 6.70. The Bertz CT molecular complexity index is 376. The highest BCUT2D eigenvalue weighted by atomic mass is 32.1. The van der Waals surface area contributed by atoms with E-state index in [1.165, 1.54) is 51.7 Å². The molecule has 1 saturated carbocycles. The molecule has 0 saturated heterocycles. The minimum atomic E-state index is 0.509. The standard InChI is InChI=1S/C14H22N2S/c15-11-14(4-1-5-14)6-8-16-7-2-13-12(10-16)3-9-17-13/h3,9H,1-2,4-8,10-11,15H2. The van der Waals surface area contributed by atoms with Gasteiger partial charge < -0.3 is 5.73 Å². The Hall–Kier alpha value is -0.380. The molecule has 0 aromatic carbocycles. The molecule has 0 radical (unpaired) electrons. The van der Waals surface area contributed by atoms with Crippen LogP contribution in [-0.2, 0) is 13.0 Å². The summed E-state index contributed by atoms with van der Waals surface area (Å²) in [4.78, 5) is 4.23. The van der Waals surface area contributed by atoms with Crippen molar-refractivity contribution in [3.63, 3.8) is 0 Å². The number of rotatable bonds is 4. The van der Waals surface area contributed by atoms with Gasteiger partial charge in [0.15, 0.2) is 0 Å². The SMILES string of the molecule is NCC1(CCN2CCc3sccc3C2)CCC1. The average Bonchev–Trinajstić information content (AvgIpc) is 2.75. The second-order valence-electron chi connectivity index (χ2n) is 5.70. The van der Waals surface area contributed by atoms with E-state index >= 15 is 0 Å². The molecule has 0 unspecified atom stereocenters. The van der Waals surface area contributed by atoms with Crippen molar-refractivity contribution in [1.82, 2.24) is 4.90 Å². The van der Waals surface area contributed by atoms with Crippen molar-refractivity contribution in [2.75, 3.05) is 19.6 Å². The molecule has 2 nitrogen and oxygen atoms in total. The van der Waals surface area contributed by atoms with Crippen LogP contribution in [0.4, 0.5) is 0 Å². The summed E-state index contributed by atoms with van der Waals surface area (Å²) in [5.41, 5.74) is 8.00. The Morgan fingerprint density at radius 2 is 2.29 bits per heavy atom. The lowest BCUT2D eigenvalue weighted by Crippen LogP contribution is -2.41. The summed E-state index contributed by atoms with van der Waals surface area (Å²) in [6, 6.07) is 2.30. The van der Waals surface area contributed by atoms with Gasteiger partial charge in [-0.2, -0.15) is 0 Å². The van der Waals surface area contributed by atoms with Crippen molar-refractivity contribution < 1.29 is 0 Å². The summed E-state index contributed by atoms with van der Waals surface area (Å²) in [7, 11) is 0. The van der Waals surface area contributed by atoms with Gasteiger partial charge in [0.2, 0.25) is 0 Å². The maximum atomic E-state index is 5.93. The van der Waals surface area contributed by atoms with Crippen LogP contribution in [0, 0.1) is 5.41 Å². The summed E-state index contributed by atoms with van der Waals surface area (Å²) in [5, 5.41) is 2.24. The first-order valence-corrected chi connectivity index (χ1v) is 7.67. The van der Waals surface area contributed by atoms with Gasteiger partial charge in [0.25, 0.3) is 0 Å². The molecule has 2 N–H and O–H groups in total. The fourth-order valence-corrected chi connectivity index (χ4v) is 4.02. The molecule has 1 aromatic heterocycles. The van der Waals surface area contributed by atoms with Gasteiger partial charge in [0, 0.05) is 18.0 Å². The van der Waals surface area contributed by atoms with Gasteiger partial charge in [-0.15, -0.1) is 11.3 Å². The van der Waals surface area contributed by atoms with E-state index in [-0.39, 0.29) is 0 Å². The summed E-state index contributed by atoms with van der Waals surface area (Å²) in [6.45, 7) is 4.55. The molecular formula is C14H22N2S. The number of fused-ring (bicyclic) bond motifs is 1. The minimum absolute atomic E-state index is 0.509. The molecule has 1 fully saturated rings. The van der Waals surface area contributed by atoms with Gasteiger partial charge in [0.1, 0.15) is 0 Å². The summed E-state index contributed by atoms with van der Waals surface area (Å²) in [5.74, 6) is 0. The highest BCUT2D eigenvalue weighted by molar-refractivity contribution is 7.10. The zero-order chi connectivity index (χ0) is 11.7. The second kappa shape index (κ2) is 4.71. The third-order valence-electron chi connectivity index (χ3n) is 4.69. The molecule has 2 aliphatic rings. The number of nitrogens with zero attached hydrogens (tertiary/aromatic N) is 1. The molecule has 1 aromatic rings. The Morgan fingerprint density at radius 1 is 1.41 bits per heavy atom. The number of hydrogen-bond acceptors (Lipinski definition) is 3. The van der Waals surface area contributed by atoms with E-state index in [0.29, 0.717) is 5.41 Å². The van der Waals surface area contributed by atoms with Gasteiger partial charge in [-0.25, -0.2) is 0 Å². The van der Waals surface area contributed by atoms with Gasteiger partial charge in [-0.3, -0.25) is 4.90 Å².